The number of amides is 1. The first-order chi connectivity index (χ1) is 9.58. The molecule has 102 valence electrons. The Hall–Kier alpha value is -1.92. The molecular formula is C13H9BrClN3O2. The Bertz CT molecular complexity index is 662. The number of carbonyl (C=O) groups is 1. The van der Waals surface area contributed by atoms with Crippen LogP contribution in [0.15, 0.2) is 46.2 Å². The Balaban J connectivity index is 2.10. The van der Waals surface area contributed by atoms with E-state index in [0.717, 1.165) is 0 Å². The van der Waals surface area contributed by atoms with Gasteiger partial charge in [-0.1, -0.05) is 11.6 Å². The van der Waals surface area contributed by atoms with Gasteiger partial charge in [-0.15, -0.1) is 0 Å². The quantitative estimate of drug-likeness (QED) is 0.657. The highest BCUT2D eigenvalue weighted by Crippen LogP contribution is 2.30. The third kappa shape index (κ3) is 3.55. The van der Waals surface area contributed by atoms with Crippen molar-refractivity contribution in [2.24, 2.45) is 5.10 Å². The Morgan fingerprint density at radius 1 is 1.40 bits per heavy atom. The molecule has 1 aromatic carbocycles. The molecule has 5 nitrogen and oxygen atoms in total. The molecule has 2 rings (SSSR count). The molecule has 0 spiro atoms. The lowest BCUT2D eigenvalue weighted by Crippen LogP contribution is -2.17. The third-order valence-corrected chi connectivity index (χ3v) is 3.19. The van der Waals surface area contributed by atoms with Crippen LogP contribution in [-0.4, -0.2) is 22.2 Å². The number of benzene rings is 1. The predicted octanol–water partition coefficient (Wildman–Crippen LogP) is 2.97. The molecule has 0 saturated heterocycles. The van der Waals surface area contributed by atoms with E-state index in [1.54, 1.807) is 18.2 Å². The maximum absolute atomic E-state index is 11.7. The summed E-state index contributed by atoms with van der Waals surface area (Å²) in [5.41, 5.74) is 3.17. The van der Waals surface area contributed by atoms with Gasteiger partial charge in [-0.25, -0.2) is 5.43 Å². The van der Waals surface area contributed by atoms with E-state index in [1.807, 2.05) is 0 Å². The van der Waals surface area contributed by atoms with E-state index in [9.17, 15) is 9.90 Å². The third-order valence-electron chi connectivity index (χ3n) is 2.37. The summed E-state index contributed by atoms with van der Waals surface area (Å²) in [6.07, 6.45) is 4.34. The molecule has 2 N–H and O–H groups in total. The van der Waals surface area contributed by atoms with Crippen molar-refractivity contribution in [3.05, 3.63) is 57.3 Å². The fourth-order valence-electron chi connectivity index (χ4n) is 1.41. The van der Waals surface area contributed by atoms with Crippen LogP contribution in [-0.2, 0) is 0 Å². The summed E-state index contributed by atoms with van der Waals surface area (Å²) in [5, 5.41) is 14.0. The molecule has 1 aromatic heterocycles. The van der Waals surface area contributed by atoms with Gasteiger partial charge < -0.3 is 5.11 Å². The van der Waals surface area contributed by atoms with Crippen LogP contribution in [0.2, 0.25) is 5.02 Å². The number of rotatable bonds is 3. The normalized spacial score (nSPS) is 10.7. The fraction of sp³-hybridized carbons (Fsp3) is 0. The van der Waals surface area contributed by atoms with Gasteiger partial charge >= 0.3 is 0 Å². The van der Waals surface area contributed by atoms with Gasteiger partial charge in [0, 0.05) is 28.5 Å². The standard InChI is InChI=1S/C13H9BrClN3O2/c14-11-6-10(15)5-9(12(11)19)7-17-18-13(20)8-1-3-16-4-2-8/h1-7,19H,(H,18,20)/b17-7-. The van der Waals surface area contributed by atoms with E-state index in [-0.39, 0.29) is 11.7 Å². The lowest BCUT2D eigenvalue weighted by Gasteiger charge is -2.03. The van der Waals surface area contributed by atoms with Gasteiger partial charge in [0.25, 0.3) is 5.91 Å². The molecule has 2 aromatic rings. The van der Waals surface area contributed by atoms with Gasteiger partial charge in [-0.2, -0.15) is 5.10 Å². The number of carbonyl (C=O) groups excluding carboxylic acids is 1. The number of aromatic hydroxyl groups is 1. The number of hydrogen-bond acceptors (Lipinski definition) is 4. The molecule has 1 amide bonds. The monoisotopic (exact) mass is 353 g/mol. The molecule has 0 saturated carbocycles. The van der Waals surface area contributed by atoms with Crippen LogP contribution in [0.25, 0.3) is 0 Å². The predicted molar refractivity (Wildman–Crippen MR) is 80.1 cm³/mol. The van der Waals surface area contributed by atoms with Crippen LogP contribution in [0.4, 0.5) is 0 Å². The van der Waals surface area contributed by atoms with Gasteiger partial charge in [-0.05, 0) is 40.2 Å². The molecule has 0 aliphatic heterocycles. The number of phenolic OH excluding ortho intramolecular Hbond substituents is 1. The second kappa shape index (κ2) is 6.49. The van der Waals surface area contributed by atoms with E-state index in [4.69, 9.17) is 11.6 Å². The molecule has 7 heteroatoms. The minimum atomic E-state index is -0.371. The fourth-order valence-corrected chi connectivity index (χ4v) is 2.25. The molecule has 0 atom stereocenters. The molecule has 0 fully saturated rings. The SMILES string of the molecule is O=C(N/N=C\c1cc(Cl)cc(Br)c1O)c1ccncc1. The Morgan fingerprint density at radius 2 is 2.10 bits per heavy atom. The zero-order valence-corrected chi connectivity index (χ0v) is 12.4. The van der Waals surface area contributed by atoms with Crippen LogP contribution in [0, 0.1) is 0 Å². The average Bonchev–Trinajstić information content (AvgIpc) is 2.44. The van der Waals surface area contributed by atoms with Gasteiger partial charge in [-0.3, -0.25) is 9.78 Å². The summed E-state index contributed by atoms with van der Waals surface area (Å²) in [7, 11) is 0. The average molecular weight is 355 g/mol. The topological polar surface area (TPSA) is 74.6 Å². The van der Waals surface area contributed by atoms with Gasteiger partial charge in [0.05, 0.1) is 10.7 Å². The van der Waals surface area contributed by atoms with Gasteiger partial charge in [0.15, 0.2) is 0 Å². The van der Waals surface area contributed by atoms with E-state index in [1.165, 1.54) is 24.7 Å². The lowest BCUT2D eigenvalue weighted by atomic mass is 10.2. The Morgan fingerprint density at radius 3 is 2.80 bits per heavy atom. The van der Waals surface area contributed by atoms with E-state index < -0.39 is 0 Å². The molecule has 0 radical (unpaired) electrons. The molecule has 1 heterocycles. The van der Waals surface area contributed by atoms with Crippen LogP contribution < -0.4 is 5.43 Å². The Labute approximate surface area is 128 Å². The number of halogens is 2. The van der Waals surface area contributed by atoms with Crippen molar-refractivity contribution in [2.45, 2.75) is 0 Å². The van der Waals surface area contributed by atoms with Crippen molar-refractivity contribution in [1.82, 2.24) is 10.4 Å². The van der Waals surface area contributed by atoms with Gasteiger partial charge in [0.2, 0.25) is 0 Å². The molecule has 0 aliphatic carbocycles. The summed E-state index contributed by atoms with van der Waals surface area (Å²) in [4.78, 5) is 15.5. The highest BCUT2D eigenvalue weighted by atomic mass is 79.9. The second-order valence-corrected chi connectivity index (χ2v) is 5.05. The van der Waals surface area contributed by atoms with Crippen LogP contribution in [0.3, 0.4) is 0 Å². The summed E-state index contributed by atoms with van der Waals surface area (Å²) in [6.45, 7) is 0. The maximum Gasteiger partial charge on any atom is 0.271 e. The minimum Gasteiger partial charge on any atom is -0.506 e. The summed E-state index contributed by atoms with van der Waals surface area (Å²) in [5.74, 6) is -0.374. The van der Waals surface area contributed by atoms with Crippen molar-refractivity contribution in [1.29, 1.82) is 0 Å². The molecule has 0 aliphatic rings. The smallest absolute Gasteiger partial charge is 0.271 e. The number of nitrogens with one attached hydrogen (secondary N) is 1. The van der Waals surface area contributed by atoms with E-state index in [2.05, 4.69) is 31.4 Å². The second-order valence-electron chi connectivity index (χ2n) is 3.76. The number of hydrazone groups is 1. The Kier molecular flexibility index (Phi) is 4.70. The van der Waals surface area contributed by atoms with Crippen molar-refractivity contribution in [3.63, 3.8) is 0 Å². The number of pyridine rings is 1. The zero-order valence-electron chi connectivity index (χ0n) is 10.0. The number of nitrogens with zero attached hydrogens (tertiary/aromatic N) is 2. The molecule has 0 unspecified atom stereocenters. The van der Waals surface area contributed by atoms with Crippen LogP contribution >= 0.6 is 27.5 Å². The van der Waals surface area contributed by atoms with Crippen LogP contribution in [0.5, 0.6) is 5.75 Å². The number of aromatic nitrogens is 1. The highest BCUT2D eigenvalue weighted by molar-refractivity contribution is 9.10. The molecule has 0 bridgehead atoms. The van der Waals surface area contributed by atoms with Crippen molar-refractivity contribution in [3.8, 4) is 5.75 Å². The van der Waals surface area contributed by atoms with Crippen molar-refractivity contribution in [2.75, 3.05) is 0 Å². The van der Waals surface area contributed by atoms with Crippen LogP contribution in [0.1, 0.15) is 15.9 Å². The highest BCUT2D eigenvalue weighted by Gasteiger charge is 2.06. The lowest BCUT2D eigenvalue weighted by molar-refractivity contribution is 0.0955. The number of phenols is 1. The zero-order chi connectivity index (χ0) is 14.5. The number of hydrogen-bond donors (Lipinski definition) is 2. The maximum atomic E-state index is 11.7. The van der Waals surface area contributed by atoms with E-state index in [0.29, 0.717) is 20.6 Å². The first-order valence-electron chi connectivity index (χ1n) is 5.49. The summed E-state index contributed by atoms with van der Waals surface area (Å²) >= 11 is 9.03. The first-order valence-corrected chi connectivity index (χ1v) is 6.66. The minimum absolute atomic E-state index is 0.00342. The van der Waals surface area contributed by atoms with Crippen molar-refractivity contribution < 1.29 is 9.90 Å². The summed E-state index contributed by atoms with van der Waals surface area (Å²) < 4.78 is 0.451. The first kappa shape index (κ1) is 14.5. The van der Waals surface area contributed by atoms with E-state index >= 15 is 0 Å². The molecule has 20 heavy (non-hydrogen) atoms. The van der Waals surface area contributed by atoms with Gasteiger partial charge in [0.1, 0.15) is 5.75 Å². The molecular weight excluding hydrogens is 346 g/mol. The summed E-state index contributed by atoms with van der Waals surface area (Å²) in [6, 6.07) is 6.23. The van der Waals surface area contributed by atoms with Crippen molar-refractivity contribution >= 4 is 39.7 Å². The largest absolute Gasteiger partial charge is 0.506 e.